The molecule has 1 aliphatic rings. The van der Waals surface area contributed by atoms with E-state index in [1.165, 1.54) is 12.4 Å². The molecular weight excluding hydrogens is 342 g/mol. The van der Waals surface area contributed by atoms with Crippen molar-refractivity contribution in [3.63, 3.8) is 0 Å². The normalized spacial score (nSPS) is 16.5. The fraction of sp³-hybridized carbons (Fsp3) is 0.294. The number of hydrogen-bond acceptors (Lipinski definition) is 5. The Morgan fingerprint density at radius 2 is 2.04 bits per heavy atom. The smallest absolute Gasteiger partial charge is 0.252 e. The molecule has 2 aromatic heterocycles. The van der Waals surface area contributed by atoms with E-state index in [0.717, 1.165) is 30.7 Å². The Balaban J connectivity index is 1.45. The van der Waals surface area contributed by atoms with Gasteiger partial charge in [-0.3, -0.25) is 14.5 Å². The van der Waals surface area contributed by atoms with Crippen LogP contribution in [0.4, 0.5) is 14.6 Å². The van der Waals surface area contributed by atoms with E-state index >= 15 is 0 Å². The summed E-state index contributed by atoms with van der Waals surface area (Å²) in [7, 11) is 0. The summed E-state index contributed by atoms with van der Waals surface area (Å²) in [4.78, 5) is 19.7. The zero-order chi connectivity index (χ0) is 18.3. The van der Waals surface area contributed by atoms with Crippen molar-refractivity contribution in [2.75, 3.05) is 11.9 Å². The van der Waals surface area contributed by atoms with Crippen molar-refractivity contribution < 1.29 is 13.6 Å². The van der Waals surface area contributed by atoms with Crippen molar-refractivity contribution in [2.45, 2.75) is 19.4 Å². The average Bonchev–Trinajstić information content (AvgIpc) is 3.04. The lowest BCUT2D eigenvalue weighted by Crippen LogP contribution is -2.28. The fourth-order valence-corrected chi connectivity index (χ4v) is 3.22. The quantitative estimate of drug-likeness (QED) is 0.742. The van der Waals surface area contributed by atoms with Crippen molar-refractivity contribution in [3.8, 4) is 0 Å². The summed E-state index contributed by atoms with van der Waals surface area (Å²) in [6.07, 6.45) is 4.60. The molecule has 0 unspecified atom stereocenters. The van der Waals surface area contributed by atoms with Gasteiger partial charge < -0.3 is 11.1 Å². The second-order valence-electron chi connectivity index (χ2n) is 6.35. The first kappa shape index (κ1) is 16.4. The van der Waals surface area contributed by atoms with E-state index in [1.54, 1.807) is 4.68 Å². The molecule has 0 saturated carbocycles. The number of carbonyl (C=O) groups is 1. The minimum absolute atomic E-state index is 0.283. The molecule has 3 aromatic rings. The van der Waals surface area contributed by atoms with Crippen molar-refractivity contribution in [2.24, 2.45) is 11.7 Å². The van der Waals surface area contributed by atoms with Crippen molar-refractivity contribution >= 4 is 22.8 Å². The number of nitrogens with two attached hydrogens (primary N) is 1. The van der Waals surface area contributed by atoms with Gasteiger partial charge in [0.05, 0.1) is 34.7 Å². The zero-order valence-corrected chi connectivity index (χ0v) is 13.7. The molecule has 0 bridgehead atoms. The van der Waals surface area contributed by atoms with Crippen molar-refractivity contribution in [1.29, 1.82) is 0 Å². The monoisotopic (exact) mass is 358 g/mol. The lowest BCUT2D eigenvalue weighted by atomic mass is 9.96. The maximum Gasteiger partial charge on any atom is 0.252 e. The highest BCUT2D eigenvalue weighted by molar-refractivity contribution is 5.93. The predicted octanol–water partition coefficient (Wildman–Crippen LogP) is 1.88. The number of carbonyl (C=O) groups excluding carboxylic acids is 1. The number of rotatable bonds is 4. The number of amides is 1. The van der Waals surface area contributed by atoms with E-state index in [1.807, 2.05) is 0 Å². The highest BCUT2D eigenvalue weighted by Crippen LogP contribution is 2.23. The third kappa shape index (κ3) is 2.96. The van der Waals surface area contributed by atoms with Crippen LogP contribution in [0.2, 0.25) is 0 Å². The Bertz CT molecular complexity index is 1000. The minimum atomic E-state index is -0.951. The summed E-state index contributed by atoms with van der Waals surface area (Å²) in [5, 5.41) is 7.40. The molecule has 0 saturated heterocycles. The maximum atomic E-state index is 13.4. The summed E-state index contributed by atoms with van der Waals surface area (Å²) < 4.78 is 28.4. The van der Waals surface area contributed by atoms with Crippen LogP contribution in [0.25, 0.3) is 11.0 Å². The number of aromatic nitrogens is 4. The second kappa shape index (κ2) is 6.32. The molecule has 1 amide bonds. The van der Waals surface area contributed by atoms with Gasteiger partial charge in [-0.25, -0.2) is 13.8 Å². The second-order valence-corrected chi connectivity index (χ2v) is 6.35. The van der Waals surface area contributed by atoms with Crippen LogP contribution in [0.15, 0.2) is 24.5 Å². The van der Waals surface area contributed by atoms with Gasteiger partial charge in [0.1, 0.15) is 5.82 Å². The van der Waals surface area contributed by atoms with E-state index < -0.39 is 17.5 Å². The highest BCUT2D eigenvalue weighted by atomic mass is 19.2. The molecule has 1 aliphatic heterocycles. The first-order valence-corrected chi connectivity index (χ1v) is 8.21. The van der Waals surface area contributed by atoms with E-state index in [9.17, 15) is 13.6 Å². The number of fused-ring (bicyclic) bond motifs is 2. The highest BCUT2D eigenvalue weighted by Gasteiger charge is 2.23. The van der Waals surface area contributed by atoms with E-state index in [4.69, 9.17) is 5.73 Å². The topological polar surface area (TPSA) is 98.7 Å². The van der Waals surface area contributed by atoms with E-state index in [-0.39, 0.29) is 11.4 Å². The summed E-state index contributed by atoms with van der Waals surface area (Å²) in [5.74, 6) is -1.58. The number of anilines is 1. The number of benzene rings is 1. The van der Waals surface area contributed by atoms with E-state index in [2.05, 4.69) is 20.4 Å². The van der Waals surface area contributed by atoms with Gasteiger partial charge in [-0.05, 0) is 18.8 Å². The van der Waals surface area contributed by atoms with Gasteiger partial charge in [-0.2, -0.15) is 5.10 Å². The molecule has 1 atom stereocenters. The van der Waals surface area contributed by atoms with Crippen LogP contribution in [0.3, 0.4) is 0 Å². The van der Waals surface area contributed by atoms with Crippen LogP contribution < -0.4 is 11.1 Å². The number of hydrogen-bond donors (Lipinski definition) is 2. The molecule has 3 heterocycles. The summed E-state index contributed by atoms with van der Waals surface area (Å²) >= 11 is 0. The molecule has 9 heteroatoms. The van der Waals surface area contributed by atoms with Crippen LogP contribution in [-0.4, -0.2) is 32.2 Å². The van der Waals surface area contributed by atoms with Gasteiger partial charge in [0, 0.05) is 25.2 Å². The largest absolute Gasteiger partial charge is 0.368 e. The molecule has 0 spiro atoms. The average molecular weight is 358 g/mol. The predicted molar refractivity (Wildman–Crippen MR) is 90.5 cm³/mol. The summed E-state index contributed by atoms with van der Waals surface area (Å²) in [5.41, 5.74) is 7.29. The lowest BCUT2D eigenvalue weighted by molar-refractivity contribution is 0.0998. The Kier molecular flexibility index (Phi) is 3.98. The Labute approximate surface area is 147 Å². The lowest BCUT2D eigenvalue weighted by Gasteiger charge is -2.24. The van der Waals surface area contributed by atoms with Crippen molar-refractivity contribution in [3.05, 3.63) is 47.4 Å². The zero-order valence-electron chi connectivity index (χ0n) is 13.7. The molecule has 1 aromatic carbocycles. The number of primary amides is 1. The molecule has 134 valence electrons. The van der Waals surface area contributed by atoms with Gasteiger partial charge in [0.2, 0.25) is 0 Å². The number of nitrogens with zero attached hydrogens (tertiary/aromatic N) is 4. The molecule has 0 aliphatic carbocycles. The molecule has 26 heavy (non-hydrogen) atoms. The molecule has 0 fully saturated rings. The van der Waals surface area contributed by atoms with Crippen LogP contribution >= 0.6 is 0 Å². The Morgan fingerprint density at radius 1 is 1.27 bits per heavy atom. The third-order valence-electron chi connectivity index (χ3n) is 4.59. The summed E-state index contributed by atoms with van der Waals surface area (Å²) in [6, 6.07) is 2.06. The Hall–Kier alpha value is -3.10. The number of nitrogens with one attached hydrogen (secondary N) is 1. The van der Waals surface area contributed by atoms with Gasteiger partial charge in [0.25, 0.3) is 5.91 Å². The molecule has 4 rings (SSSR count). The Morgan fingerprint density at radius 3 is 2.81 bits per heavy atom. The molecule has 7 nitrogen and oxygen atoms in total. The molecule has 0 radical (unpaired) electrons. The first-order valence-electron chi connectivity index (χ1n) is 8.21. The number of halogens is 2. The van der Waals surface area contributed by atoms with Gasteiger partial charge in [-0.1, -0.05) is 0 Å². The van der Waals surface area contributed by atoms with Crippen LogP contribution in [0.5, 0.6) is 0 Å². The van der Waals surface area contributed by atoms with Gasteiger partial charge in [0.15, 0.2) is 11.6 Å². The van der Waals surface area contributed by atoms with Gasteiger partial charge >= 0.3 is 0 Å². The van der Waals surface area contributed by atoms with Crippen LogP contribution in [0, 0.1) is 17.6 Å². The fourth-order valence-electron chi connectivity index (χ4n) is 3.22. The van der Waals surface area contributed by atoms with Crippen molar-refractivity contribution in [1.82, 2.24) is 19.7 Å². The van der Waals surface area contributed by atoms with Crippen LogP contribution in [0.1, 0.15) is 22.5 Å². The van der Waals surface area contributed by atoms with Gasteiger partial charge in [-0.15, -0.1) is 0 Å². The minimum Gasteiger partial charge on any atom is -0.368 e. The summed E-state index contributed by atoms with van der Waals surface area (Å²) in [6.45, 7) is 1.28. The standard InChI is InChI=1S/C17H16F2N6O/c18-11-3-13-14(4-12(11)19)24-16(7-21-13)22-5-9-1-2-15-10(17(20)26)6-23-25(15)8-9/h3-4,6-7,9H,1-2,5,8H2,(H2,20,26)(H,22,24)/t9-/m1/s1. The first-order chi connectivity index (χ1) is 12.5. The van der Waals surface area contributed by atoms with E-state index in [0.29, 0.717) is 30.0 Å². The molecular formula is C17H16F2N6O. The SMILES string of the molecule is NC(=O)c1cnn2c1CC[C@H](CNc1cnc3cc(F)c(F)cc3n1)C2. The molecule has 3 N–H and O–H groups in total. The maximum absolute atomic E-state index is 13.4. The van der Waals surface area contributed by atoms with Crippen LogP contribution in [-0.2, 0) is 13.0 Å². The third-order valence-corrected chi connectivity index (χ3v) is 4.59.